The highest BCUT2D eigenvalue weighted by atomic mass is 35.5. The molecule has 2 aliphatic heterocycles. The van der Waals surface area contributed by atoms with Gasteiger partial charge in [0.15, 0.2) is 0 Å². The van der Waals surface area contributed by atoms with Crippen LogP contribution in [-0.2, 0) is 14.8 Å². The number of hydrogen-bond acceptors (Lipinski definition) is 7. The number of carbonyl (C=O) groups excluding carboxylic acids is 1. The first-order valence-electron chi connectivity index (χ1n) is 12.8. The molecule has 3 heterocycles. The Balaban J connectivity index is 1.43. The van der Waals surface area contributed by atoms with Crippen molar-refractivity contribution in [2.24, 2.45) is 5.73 Å². The Morgan fingerprint density at radius 1 is 1.18 bits per heavy atom. The molecule has 0 saturated carbocycles. The molecule has 2 amide bonds. The van der Waals surface area contributed by atoms with Gasteiger partial charge in [-0.15, -0.1) is 0 Å². The first kappa shape index (κ1) is 28.0. The van der Waals surface area contributed by atoms with Gasteiger partial charge in [0.05, 0.1) is 17.8 Å². The Hall–Kier alpha value is -3.52. The van der Waals surface area contributed by atoms with Crippen molar-refractivity contribution >= 4 is 50.2 Å². The molecule has 5 N–H and O–H groups in total. The van der Waals surface area contributed by atoms with E-state index in [1.54, 1.807) is 18.2 Å². The van der Waals surface area contributed by atoms with E-state index in [1.807, 2.05) is 18.2 Å². The fourth-order valence-electron chi connectivity index (χ4n) is 5.07. The van der Waals surface area contributed by atoms with E-state index in [0.717, 1.165) is 0 Å². The van der Waals surface area contributed by atoms with Gasteiger partial charge in [-0.1, -0.05) is 29.8 Å². The van der Waals surface area contributed by atoms with Crippen LogP contribution in [0.3, 0.4) is 0 Å². The molecule has 0 spiro atoms. The molecule has 2 aromatic carbocycles. The van der Waals surface area contributed by atoms with Crippen LogP contribution in [0.15, 0.2) is 47.4 Å². The Morgan fingerprint density at radius 3 is 2.58 bits per heavy atom. The third-order valence-corrected chi connectivity index (χ3v) is 9.24. The molecule has 5 rings (SSSR count). The van der Waals surface area contributed by atoms with Crippen molar-refractivity contribution in [2.75, 3.05) is 44.7 Å². The number of hydrogen-bond donors (Lipinski definition) is 4. The van der Waals surface area contributed by atoms with Gasteiger partial charge >= 0.3 is 6.09 Å². The quantitative estimate of drug-likeness (QED) is 0.310. The lowest BCUT2D eigenvalue weighted by Gasteiger charge is -2.32. The van der Waals surface area contributed by atoms with Crippen molar-refractivity contribution in [3.63, 3.8) is 0 Å². The summed E-state index contributed by atoms with van der Waals surface area (Å²) in [5.74, 6) is -0.286. The molecule has 3 aromatic rings. The van der Waals surface area contributed by atoms with Gasteiger partial charge in [0.1, 0.15) is 29.0 Å². The zero-order valence-electron chi connectivity index (χ0n) is 21.5. The summed E-state index contributed by atoms with van der Waals surface area (Å²) in [7, 11) is -4.21. The van der Waals surface area contributed by atoms with Crippen molar-refractivity contribution in [2.45, 2.75) is 29.9 Å². The number of carboxylic acid groups (broad SMARTS) is 1. The van der Waals surface area contributed by atoms with E-state index in [2.05, 4.69) is 10.3 Å². The Bertz CT molecular complexity index is 1510. The van der Waals surface area contributed by atoms with E-state index in [1.165, 1.54) is 15.3 Å². The summed E-state index contributed by atoms with van der Waals surface area (Å²) in [6.45, 7) is 1.13. The second kappa shape index (κ2) is 11.5. The van der Waals surface area contributed by atoms with Crippen LogP contribution < -0.4 is 15.8 Å². The molecule has 1 aromatic heterocycles. The number of anilines is 1. The van der Waals surface area contributed by atoms with Gasteiger partial charge in [0.2, 0.25) is 10.0 Å². The number of para-hydroxylation sites is 1. The van der Waals surface area contributed by atoms with Crippen molar-refractivity contribution in [3.05, 3.63) is 53.2 Å². The first-order valence-corrected chi connectivity index (χ1v) is 14.6. The summed E-state index contributed by atoms with van der Waals surface area (Å²) in [4.78, 5) is 27.7. The molecule has 2 fully saturated rings. The van der Waals surface area contributed by atoms with Crippen LogP contribution in [0.5, 0.6) is 5.75 Å². The molecule has 0 radical (unpaired) electrons. The Labute approximate surface area is 236 Å². The maximum Gasteiger partial charge on any atom is 0.407 e. The molecular weight excluding hydrogens is 562 g/mol. The average molecular weight is 592 g/mol. The number of H-pyrrole nitrogens is 1. The number of benzene rings is 2. The maximum absolute atomic E-state index is 14.0. The van der Waals surface area contributed by atoms with E-state index in [-0.39, 0.29) is 53.3 Å². The second-order valence-electron chi connectivity index (χ2n) is 9.74. The number of aromatic amines is 1. The maximum atomic E-state index is 14.0. The zero-order chi connectivity index (χ0) is 28.4. The molecule has 2 aliphatic rings. The summed E-state index contributed by atoms with van der Waals surface area (Å²) in [5, 5.41) is 13.1. The average Bonchev–Trinajstić information content (AvgIpc) is 3.34. The number of fused-ring (bicyclic) bond motifs is 1. The highest BCUT2D eigenvalue weighted by molar-refractivity contribution is 7.89. The topological polar surface area (TPSA) is 167 Å². The summed E-state index contributed by atoms with van der Waals surface area (Å²) < 4.78 is 40.8. The SMILES string of the molecule is NC(=O)c1[nH]c2c(NC3CCN(C(=O)O)CC3)cc(Cl)cc2c1S(=O)(=O)N1CCOC(COc2ccccc2)C1. The van der Waals surface area contributed by atoms with E-state index in [0.29, 0.717) is 42.9 Å². The molecular formula is C26H30ClN5O7S. The lowest BCUT2D eigenvalue weighted by Crippen LogP contribution is -2.47. The summed E-state index contributed by atoms with van der Waals surface area (Å²) in [6.07, 6.45) is -0.390. The number of nitrogens with one attached hydrogen (secondary N) is 2. The number of morpholine rings is 1. The van der Waals surface area contributed by atoms with Crippen LogP contribution in [0.4, 0.5) is 10.5 Å². The number of piperidine rings is 1. The van der Waals surface area contributed by atoms with E-state index >= 15 is 0 Å². The van der Waals surface area contributed by atoms with Gasteiger partial charge in [-0.05, 0) is 37.1 Å². The Morgan fingerprint density at radius 2 is 1.90 bits per heavy atom. The number of primary amides is 1. The minimum atomic E-state index is -4.21. The smallest absolute Gasteiger partial charge is 0.407 e. The van der Waals surface area contributed by atoms with Gasteiger partial charge in [-0.3, -0.25) is 4.79 Å². The molecule has 214 valence electrons. The largest absolute Gasteiger partial charge is 0.491 e. The molecule has 1 unspecified atom stereocenters. The van der Waals surface area contributed by atoms with Crippen LogP contribution in [0.25, 0.3) is 10.9 Å². The second-order valence-corrected chi connectivity index (χ2v) is 12.0. The molecule has 14 heteroatoms. The number of halogens is 1. The third kappa shape index (κ3) is 5.82. The lowest BCUT2D eigenvalue weighted by atomic mass is 10.0. The van der Waals surface area contributed by atoms with Gasteiger partial charge < -0.3 is 35.5 Å². The molecule has 2 saturated heterocycles. The molecule has 1 atom stereocenters. The first-order chi connectivity index (χ1) is 19.1. The van der Waals surface area contributed by atoms with Gasteiger partial charge in [0.25, 0.3) is 5.91 Å². The van der Waals surface area contributed by atoms with E-state index < -0.39 is 28.1 Å². The number of carbonyl (C=O) groups is 2. The van der Waals surface area contributed by atoms with Crippen LogP contribution in [0.1, 0.15) is 23.3 Å². The number of nitrogens with two attached hydrogens (primary N) is 1. The minimum Gasteiger partial charge on any atom is -0.491 e. The third-order valence-electron chi connectivity index (χ3n) is 7.07. The highest BCUT2D eigenvalue weighted by Crippen LogP contribution is 2.37. The minimum absolute atomic E-state index is 0.0217. The Kier molecular flexibility index (Phi) is 8.08. The van der Waals surface area contributed by atoms with Crippen molar-refractivity contribution in [3.8, 4) is 5.75 Å². The van der Waals surface area contributed by atoms with Gasteiger partial charge in [-0.25, -0.2) is 13.2 Å². The zero-order valence-corrected chi connectivity index (χ0v) is 23.1. The van der Waals surface area contributed by atoms with Crippen LogP contribution in [-0.4, -0.2) is 91.3 Å². The number of amides is 2. The van der Waals surface area contributed by atoms with Crippen LogP contribution >= 0.6 is 11.6 Å². The highest BCUT2D eigenvalue weighted by Gasteiger charge is 2.37. The predicted octanol–water partition coefficient (Wildman–Crippen LogP) is 2.94. The molecule has 0 aliphatic carbocycles. The number of ether oxygens (including phenoxy) is 2. The van der Waals surface area contributed by atoms with E-state index in [4.69, 9.17) is 26.8 Å². The predicted molar refractivity (Wildman–Crippen MR) is 149 cm³/mol. The van der Waals surface area contributed by atoms with Crippen LogP contribution in [0.2, 0.25) is 5.02 Å². The summed E-state index contributed by atoms with van der Waals surface area (Å²) >= 11 is 6.42. The summed E-state index contributed by atoms with van der Waals surface area (Å²) in [5.41, 5.74) is 6.27. The van der Waals surface area contributed by atoms with Crippen LogP contribution in [0, 0.1) is 0 Å². The summed E-state index contributed by atoms with van der Waals surface area (Å²) in [6, 6.07) is 12.2. The molecule has 40 heavy (non-hydrogen) atoms. The number of likely N-dealkylation sites (tertiary alicyclic amines) is 1. The van der Waals surface area contributed by atoms with Crippen molar-refractivity contribution in [1.29, 1.82) is 0 Å². The fraction of sp³-hybridized carbons (Fsp3) is 0.385. The normalized spacial score (nSPS) is 19.0. The van der Waals surface area contributed by atoms with Crippen molar-refractivity contribution in [1.82, 2.24) is 14.2 Å². The number of aromatic nitrogens is 1. The standard InChI is InChI=1S/C26H30ClN5O7S/c27-16-12-20-22(21(13-16)29-17-6-8-31(9-7-17)26(34)35)30-23(25(28)33)24(20)40(36,37)32-10-11-38-19(14-32)15-39-18-4-2-1-3-5-18/h1-5,12-13,17,19,29-30H,6-11,14-15H2,(H2,28,33)(H,34,35). The monoisotopic (exact) mass is 591 g/mol. The van der Waals surface area contributed by atoms with Gasteiger partial charge in [-0.2, -0.15) is 4.31 Å². The van der Waals surface area contributed by atoms with E-state index in [9.17, 15) is 23.1 Å². The number of rotatable bonds is 8. The molecule has 0 bridgehead atoms. The van der Waals surface area contributed by atoms with Crippen molar-refractivity contribution < 1.29 is 32.6 Å². The molecule has 12 nitrogen and oxygen atoms in total. The van der Waals surface area contributed by atoms with Gasteiger partial charge in [0, 0.05) is 42.6 Å². The fourth-order valence-corrected chi connectivity index (χ4v) is 7.08. The number of nitrogens with zero attached hydrogens (tertiary/aromatic N) is 2. The lowest BCUT2D eigenvalue weighted by molar-refractivity contribution is -0.0249. The number of sulfonamides is 1.